The van der Waals surface area contributed by atoms with Crippen LogP contribution < -0.4 is 5.32 Å². The molecular formula is C14H23N3. The lowest BCUT2D eigenvalue weighted by atomic mass is 9.84. The Kier molecular flexibility index (Phi) is 3.77. The van der Waals surface area contributed by atoms with E-state index in [0.29, 0.717) is 11.8 Å². The van der Waals surface area contributed by atoms with Crippen LogP contribution >= 0.6 is 0 Å². The second-order valence-corrected chi connectivity index (χ2v) is 5.25. The molecule has 17 heavy (non-hydrogen) atoms. The molecule has 3 heteroatoms. The number of rotatable bonds is 4. The van der Waals surface area contributed by atoms with Crippen molar-refractivity contribution in [2.45, 2.75) is 51.9 Å². The van der Waals surface area contributed by atoms with Crippen LogP contribution in [-0.2, 0) is 0 Å². The zero-order valence-electron chi connectivity index (χ0n) is 11.4. The maximum Gasteiger partial charge on any atom is 0.131 e. The standard InChI is InChI=1S/C14H23N3/c1-9(8-15-4)13-10(2)16-14(17-11(13)3)12-6-5-7-12/h9,12,15H,5-8H2,1-4H3. The second-order valence-electron chi connectivity index (χ2n) is 5.25. The summed E-state index contributed by atoms with van der Waals surface area (Å²) in [6.07, 6.45) is 3.87. The van der Waals surface area contributed by atoms with Crippen molar-refractivity contribution in [3.05, 3.63) is 22.8 Å². The van der Waals surface area contributed by atoms with Crippen LogP contribution in [0, 0.1) is 13.8 Å². The highest BCUT2D eigenvalue weighted by molar-refractivity contribution is 5.29. The zero-order valence-corrected chi connectivity index (χ0v) is 11.4. The van der Waals surface area contributed by atoms with Gasteiger partial charge in [-0.05, 0) is 45.2 Å². The first-order chi connectivity index (χ1) is 8.13. The van der Waals surface area contributed by atoms with Gasteiger partial charge in [0.1, 0.15) is 5.82 Å². The summed E-state index contributed by atoms with van der Waals surface area (Å²) in [7, 11) is 1.99. The minimum Gasteiger partial charge on any atom is -0.319 e. The molecule has 1 fully saturated rings. The van der Waals surface area contributed by atoms with Crippen molar-refractivity contribution >= 4 is 0 Å². The summed E-state index contributed by atoms with van der Waals surface area (Å²) in [4.78, 5) is 9.44. The van der Waals surface area contributed by atoms with Gasteiger partial charge in [-0.3, -0.25) is 0 Å². The van der Waals surface area contributed by atoms with Crippen molar-refractivity contribution in [2.75, 3.05) is 13.6 Å². The molecule has 0 amide bonds. The van der Waals surface area contributed by atoms with Crippen molar-refractivity contribution in [3.63, 3.8) is 0 Å². The molecule has 1 heterocycles. The quantitative estimate of drug-likeness (QED) is 0.869. The van der Waals surface area contributed by atoms with E-state index in [-0.39, 0.29) is 0 Å². The van der Waals surface area contributed by atoms with Crippen LogP contribution in [0.2, 0.25) is 0 Å². The fourth-order valence-corrected chi connectivity index (χ4v) is 2.72. The first-order valence-electron chi connectivity index (χ1n) is 6.63. The molecule has 1 atom stereocenters. The highest BCUT2D eigenvalue weighted by atomic mass is 14.9. The van der Waals surface area contributed by atoms with Crippen LogP contribution in [-0.4, -0.2) is 23.6 Å². The lowest BCUT2D eigenvalue weighted by Crippen LogP contribution is -2.20. The molecular weight excluding hydrogens is 210 g/mol. The Morgan fingerprint density at radius 1 is 1.24 bits per heavy atom. The molecule has 0 aliphatic heterocycles. The Balaban J connectivity index is 2.28. The summed E-state index contributed by atoms with van der Waals surface area (Å²) < 4.78 is 0. The molecule has 0 spiro atoms. The molecule has 1 aliphatic carbocycles. The Bertz CT molecular complexity index is 373. The molecule has 1 aromatic heterocycles. The average Bonchev–Trinajstić information content (AvgIpc) is 2.13. The van der Waals surface area contributed by atoms with Crippen molar-refractivity contribution in [1.29, 1.82) is 0 Å². The van der Waals surface area contributed by atoms with E-state index >= 15 is 0 Å². The minimum atomic E-state index is 0.482. The highest BCUT2D eigenvalue weighted by Gasteiger charge is 2.24. The molecule has 94 valence electrons. The van der Waals surface area contributed by atoms with Crippen LogP contribution in [0.15, 0.2) is 0 Å². The number of hydrogen-bond acceptors (Lipinski definition) is 3. The molecule has 0 aromatic carbocycles. The van der Waals surface area contributed by atoms with Gasteiger partial charge in [0.2, 0.25) is 0 Å². The molecule has 3 nitrogen and oxygen atoms in total. The summed E-state index contributed by atoms with van der Waals surface area (Å²) in [5.74, 6) is 2.18. The van der Waals surface area contributed by atoms with Crippen molar-refractivity contribution in [2.24, 2.45) is 0 Å². The zero-order chi connectivity index (χ0) is 12.4. The van der Waals surface area contributed by atoms with Crippen LogP contribution in [0.4, 0.5) is 0 Å². The molecule has 0 bridgehead atoms. The van der Waals surface area contributed by atoms with E-state index in [1.807, 2.05) is 7.05 Å². The Hall–Kier alpha value is -0.960. The van der Waals surface area contributed by atoms with Gasteiger partial charge in [0, 0.05) is 23.9 Å². The minimum absolute atomic E-state index is 0.482. The summed E-state index contributed by atoms with van der Waals surface area (Å²) >= 11 is 0. The Morgan fingerprint density at radius 3 is 2.24 bits per heavy atom. The maximum absolute atomic E-state index is 4.72. The van der Waals surface area contributed by atoms with Gasteiger partial charge in [-0.2, -0.15) is 0 Å². The third kappa shape index (κ3) is 2.49. The normalized spacial score (nSPS) is 17.9. The van der Waals surface area contributed by atoms with Crippen molar-refractivity contribution in [3.8, 4) is 0 Å². The SMILES string of the molecule is CNCC(C)c1c(C)nc(C2CCC2)nc1C. The van der Waals surface area contributed by atoms with E-state index < -0.39 is 0 Å². The number of likely N-dealkylation sites (N-methyl/N-ethyl adjacent to an activating group) is 1. The topological polar surface area (TPSA) is 37.8 Å². The van der Waals surface area contributed by atoms with Gasteiger partial charge in [0.05, 0.1) is 0 Å². The van der Waals surface area contributed by atoms with Gasteiger partial charge in [-0.15, -0.1) is 0 Å². The smallest absolute Gasteiger partial charge is 0.131 e. The van der Waals surface area contributed by atoms with Gasteiger partial charge in [-0.25, -0.2) is 9.97 Å². The molecule has 1 aliphatic rings. The van der Waals surface area contributed by atoms with Crippen LogP contribution in [0.25, 0.3) is 0 Å². The van der Waals surface area contributed by atoms with E-state index in [1.165, 1.54) is 36.2 Å². The highest BCUT2D eigenvalue weighted by Crippen LogP contribution is 2.35. The van der Waals surface area contributed by atoms with Crippen LogP contribution in [0.1, 0.15) is 60.8 Å². The third-order valence-electron chi connectivity index (χ3n) is 3.82. The first kappa shape index (κ1) is 12.5. The Labute approximate surface area is 104 Å². The number of nitrogens with zero attached hydrogens (tertiary/aromatic N) is 2. The third-order valence-corrected chi connectivity index (χ3v) is 3.82. The van der Waals surface area contributed by atoms with E-state index in [4.69, 9.17) is 9.97 Å². The molecule has 2 rings (SSSR count). The lowest BCUT2D eigenvalue weighted by Gasteiger charge is -2.25. The summed E-state index contributed by atoms with van der Waals surface area (Å²) in [6.45, 7) is 7.46. The second kappa shape index (κ2) is 5.13. The van der Waals surface area contributed by atoms with E-state index in [9.17, 15) is 0 Å². The summed E-state index contributed by atoms with van der Waals surface area (Å²) in [5, 5.41) is 3.22. The predicted octanol–water partition coefficient (Wildman–Crippen LogP) is 2.68. The molecule has 1 saturated carbocycles. The fourth-order valence-electron chi connectivity index (χ4n) is 2.72. The van der Waals surface area contributed by atoms with Gasteiger partial charge < -0.3 is 5.32 Å². The number of nitrogens with one attached hydrogen (secondary N) is 1. The van der Waals surface area contributed by atoms with Gasteiger partial charge >= 0.3 is 0 Å². The van der Waals surface area contributed by atoms with E-state index in [2.05, 4.69) is 26.1 Å². The van der Waals surface area contributed by atoms with Crippen molar-refractivity contribution < 1.29 is 0 Å². The molecule has 0 saturated heterocycles. The van der Waals surface area contributed by atoms with Crippen LogP contribution in [0.5, 0.6) is 0 Å². The number of aromatic nitrogens is 2. The van der Waals surface area contributed by atoms with Gasteiger partial charge in [-0.1, -0.05) is 13.3 Å². The predicted molar refractivity (Wildman–Crippen MR) is 70.4 cm³/mol. The molecule has 0 radical (unpaired) electrons. The average molecular weight is 233 g/mol. The largest absolute Gasteiger partial charge is 0.319 e. The molecule has 1 unspecified atom stereocenters. The van der Waals surface area contributed by atoms with Crippen molar-refractivity contribution in [1.82, 2.24) is 15.3 Å². The Morgan fingerprint density at radius 2 is 1.82 bits per heavy atom. The summed E-state index contributed by atoms with van der Waals surface area (Å²) in [6, 6.07) is 0. The fraction of sp³-hybridized carbons (Fsp3) is 0.714. The van der Waals surface area contributed by atoms with Crippen LogP contribution in [0.3, 0.4) is 0 Å². The monoisotopic (exact) mass is 233 g/mol. The maximum atomic E-state index is 4.72. The van der Waals surface area contributed by atoms with Gasteiger partial charge in [0.15, 0.2) is 0 Å². The first-order valence-corrected chi connectivity index (χ1v) is 6.63. The summed E-state index contributed by atoms with van der Waals surface area (Å²) in [5.41, 5.74) is 3.66. The number of hydrogen-bond donors (Lipinski definition) is 1. The van der Waals surface area contributed by atoms with Gasteiger partial charge in [0.25, 0.3) is 0 Å². The lowest BCUT2D eigenvalue weighted by molar-refractivity contribution is 0.399. The molecule has 1 aromatic rings. The van der Waals surface area contributed by atoms with E-state index in [0.717, 1.165) is 12.4 Å². The molecule has 1 N–H and O–H groups in total. The number of aryl methyl sites for hydroxylation is 2. The van der Waals surface area contributed by atoms with E-state index in [1.54, 1.807) is 0 Å².